The number of carbonyl (C=O) groups is 8. The van der Waals surface area contributed by atoms with Gasteiger partial charge in [0, 0.05) is 51.9 Å². The normalized spacial score (nSPS) is 17.5. The number of benzene rings is 8. The number of allylic oxidation sites excluding steroid dienone is 12. The molecule has 124 heavy (non-hydrogen) atoms. The minimum absolute atomic E-state index is 0.0418. The van der Waals surface area contributed by atoms with Crippen molar-refractivity contribution in [1.82, 2.24) is 19.6 Å². The first-order valence-corrected chi connectivity index (χ1v) is 39.5. The van der Waals surface area contributed by atoms with Gasteiger partial charge in [-0.15, -0.1) is 0 Å². The highest BCUT2D eigenvalue weighted by Crippen LogP contribution is 2.39. The lowest BCUT2D eigenvalue weighted by Crippen LogP contribution is -2.33. The number of halogens is 12. The second-order valence-electron chi connectivity index (χ2n) is 29.1. The van der Waals surface area contributed by atoms with Gasteiger partial charge in [0.05, 0.1) is 68.7 Å². The number of likely N-dealkylation sites (tertiary alicyclic amines) is 4. The minimum Gasteiger partial charge on any atom is -0.478 e. The number of hydrogen-bond donors (Lipinski definition) is 4. The van der Waals surface area contributed by atoms with Gasteiger partial charge in [0.25, 0.3) is 0 Å². The second kappa shape index (κ2) is 44.4. The maximum absolute atomic E-state index is 13.4. The summed E-state index contributed by atoms with van der Waals surface area (Å²) >= 11 is 0. The summed E-state index contributed by atoms with van der Waals surface area (Å²) in [6.45, 7) is 1.65. The third-order valence-corrected chi connectivity index (χ3v) is 20.8. The number of hydrogen-bond acceptors (Lipinski definition) is 8. The molecule has 648 valence electrons. The fourth-order valence-corrected chi connectivity index (χ4v) is 14.2. The van der Waals surface area contributed by atoms with E-state index in [4.69, 9.17) is 20.4 Å². The van der Waals surface area contributed by atoms with Gasteiger partial charge in [-0.1, -0.05) is 218 Å². The van der Waals surface area contributed by atoms with Crippen LogP contribution in [0, 0.1) is 0 Å². The van der Waals surface area contributed by atoms with Crippen molar-refractivity contribution in [2.75, 3.05) is 26.2 Å². The van der Waals surface area contributed by atoms with Crippen LogP contribution in [0.2, 0.25) is 0 Å². The highest BCUT2D eigenvalue weighted by atomic mass is 19.4. The van der Waals surface area contributed by atoms with Crippen LogP contribution in [0.25, 0.3) is 22.3 Å². The molecular weight excluding hydrogens is 1630 g/mol. The number of rotatable bonds is 28. The predicted molar refractivity (Wildman–Crippen MR) is 446 cm³/mol. The van der Waals surface area contributed by atoms with E-state index in [1.807, 2.05) is 0 Å². The summed E-state index contributed by atoms with van der Waals surface area (Å²) in [5.41, 5.74) is 1.69. The van der Waals surface area contributed by atoms with Crippen molar-refractivity contribution in [3.05, 3.63) is 358 Å². The molecule has 4 atom stereocenters. The van der Waals surface area contributed by atoms with Crippen molar-refractivity contribution < 1.29 is 111 Å². The zero-order valence-electron chi connectivity index (χ0n) is 66.7. The third-order valence-electron chi connectivity index (χ3n) is 20.8. The highest BCUT2D eigenvalue weighted by Gasteiger charge is 2.39. The van der Waals surface area contributed by atoms with Gasteiger partial charge in [0.15, 0.2) is 0 Å². The number of carbonyl (C=O) groups excluding carboxylic acids is 4. The Bertz CT molecular complexity index is 4570. The standard InChI is InChI=1S/4C24H22F3NO3/c4*25-24(26,27)21(18-5-2-1-3-6-18)8-4-7-20-13-14-22(29)28(20)16-15-17-9-11-19(12-10-17)23(30)31/h4*1-12,20H,13-16H2,(H,30,31)/b7-4+,21-8+;7-4+,21-8-;7-4-,21-8+;7-4-,21-8-/t4*20-/m0000/s1. The average molecular weight is 1720 g/mol. The van der Waals surface area contributed by atoms with E-state index in [0.29, 0.717) is 103 Å². The Morgan fingerprint density at radius 1 is 0.266 bits per heavy atom. The molecular formula is C96H88F12N4O12. The molecule has 4 N–H and O–H groups in total. The Morgan fingerprint density at radius 3 is 0.589 bits per heavy atom. The molecule has 4 heterocycles. The SMILES string of the molecule is O=C(O)c1ccc(CCN2C(=O)CC[C@@H]2/C=C/C=C(/c2ccccc2)C(F)(F)F)cc1.O=C(O)c1ccc(CCN2C(=O)CC[C@@H]2/C=C/C=C(\c2ccccc2)C(F)(F)F)cc1.O=C(O)c1ccc(CCN2C(=O)CC[C@@H]2/C=C\C=C(/c2ccccc2)C(F)(F)F)cc1.O=C(O)c1ccc(CCN2C(=O)CC[C@@H]2/C=C\C=C(\c2ccccc2)C(F)(F)F)cc1. The third kappa shape index (κ3) is 28.3. The van der Waals surface area contributed by atoms with E-state index in [0.717, 1.165) is 46.6 Å². The van der Waals surface area contributed by atoms with Crippen molar-refractivity contribution in [2.45, 2.75) is 126 Å². The summed E-state index contributed by atoms with van der Waals surface area (Å²) < 4.78 is 161. The molecule has 0 aromatic heterocycles. The first-order chi connectivity index (χ1) is 59.0. The number of amides is 4. The Hall–Kier alpha value is -13.4. The molecule has 0 saturated carbocycles. The summed E-state index contributed by atoms with van der Waals surface area (Å²) in [4.78, 5) is 99.3. The van der Waals surface area contributed by atoms with Gasteiger partial charge in [-0.2, -0.15) is 52.7 Å². The van der Waals surface area contributed by atoms with Crippen molar-refractivity contribution in [2.24, 2.45) is 0 Å². The monoisotopic (exact) mass is 1720 g/mol. The largest absolute Gasteiger partial charge is 0.478 e. The smallest absolute Gasteiger partial charge is 0.416 e. The molecule has 0 bridgehead atoms. The van der Waals surface area contributed by atoms with Crippen molar-refractivity contribution >= 4 is 69.8 Å². The fraction of sp³-hybridized carbons (Fsp3) is 0.250. The quantitative estimate of drug-likeness (QED) is 0.0265. The molecule has 8 aromatic carbocycles. The van der Waals surface area contributed by atoms with Gasteiger partial charge in [-0.25, -0.2) is 19.2 Å². The second-order valence-corrected chi connectivity index (χ2v) is 29.1. The van der Waals surface area contributed by atoms with Crippen LogP contribution in [0.5, 0.6) is 0 Å². The molecule has 4 aliphatic rings. The van der Waals surface area contributed by atoms with Crippen molar-refractivity contribution in [3.8, 4) is 0 Å². The van der Waals surface area contributed by atoms with Crippen LogP contribution in [0.1, 0.15) is 137 Å². The summed E-state index contributed by atoms with van der Waals surface area (Å²) in [5, 5.41) is 35.8. The maximum atomic E-state index is 13.4. The summed E-state index contributed by atoms with van der Waals surface area (Å²) in [6, 6.07) is 54.9. The molecule has 0 unspecified atom stereocenters. The van der Waals surface area contributed by atoms with E-state index < -0.39 is 70.9 Å². The van der Waals surface area contributed by atoms with Crippen LogP contribution in [0.15, 0.2) is 291 Å². The fourth-order valence-electron chi connectivity index (χ4n) is 14.2. The topological polar surface area (TPSA) is 230 Å². The van der Waals surface area contributed by atoms with Crippen molar-refractivity contribution in [3.63, 3.8) is 0 Å². The minimum atomic E-state index is -4.49. The van der Waals surface area contributed by atoms with E-state index >= 15 is 0 Å². The van der Waals surface area contributed by atoms with E-state index in [-0.39, 0.29) is 92.3 Å². The molecule has 0 spiro atoms. The van der Waals surface area contributed by atoms with Gasteiger partial charge in [-0.05, 0) is 169 Å². The molecule has 4 saturated heterocycles. The Kier molecular flexibility index (Phi) is 33.8. The molecule has 0 radical (unpaired) electrons. The van der Waals surface area contributed by atoms with Crippen LogP contribution in [0.4, 0.5) is 52.7 Å². The average Bonchev–Trinajstić information content (AvgIpc) is 1.68. The number of aromatic carboxylic acids is 4. The Balaban J connectivity index is 0.000000187. The molecule has 4 fully saturated rings. The van der Waals surface area contributed by atoms with Gasteiger partial charge >= 0.3 is 48.6 Å². The highest BCUT2D eigenvalue weighted by molar-refractivity contribution is 5.90. The maximum Gasteiger partial charge on any atom is 0.416 e. The van der Waals surface area contributed by atoms with Crippen molar-refractivity contribution in [1.29, 1.82) is 0 Å². The van der Waals surface area contributed by atoms with E-state index in [9.17, 15) is 91.0 Å². The first-order valence-electron chi connectivity index (χ1n) is 39.5. The number of carboxylic acids is 4. The molecule has 28 heteroatoms. The number of nitrogens with zero attached hydrogens (tertiary/aromatic N) is 4. The predicted octanol–water partition coefficient (Wildman–Crippen LogP) is 20.5. The molecule has 0 aliphatic carbocycles. The molecule has 12 rings (SSSR count). The van der Waals surface area contributed by atoms with Gasteiger partial charge < -0.3 is 40.0 Å². The van der Waals surface area contributed by atoms with Crippen LogP contribution >= 0.6 is 0 Å². The molecule has 8 aromatic rings. The van der Waals surface area contributed by atoms with E-state index in [1.165, 1.54) is 121 Å². The van der Waals surface area contributed by atoms with Crippen LogP contribution in [0.3, 0.4) is 0 Å². The van der Waals surface area contributed by atoms with E-state index in [2.05, 4.69) is 0 Å². The first kappa shape index (κ1) is 94.5. The van der Waals surface area contributed by atoms with Crippen LogP contribution in [-0.4, -0.2) is 163 Å². The zero-order valence-corrected chi connectivity index (χ0v) is 66.7. The molecule has 4 amide bonds. The Morgan fingerprint density at radius 2 is 0.435 bits per heavy atom. The van der Waals surface area contributed by atoms with Crippen LogP contribution in [-0.2, 0) is 44.9 Å². The number of carboxylic acid groups (broad SMARTS) is 4. The van der Waals surface area contributed by atoms with E-state index in [1.54, 1.807) is 165 Å². The Labute approximate surface area is 707 Å². The summed E-state index contributed by atoms with van der Waals surface area (Å²) in [6.07, 6.45) is 3.94. The number of alkyl halides is 12. The summed E-state index contributed by atoms with van der Waals surface area (Å²) in [7, 11) is 0. The van der Waals surface area contributed by atoms with Crippen LogP contribution < -0.4 is 0 Å². The lowest BCUT2D eigenvalue weighted by atomic mass is 10.0. The lowest BCUT2D eigenvalue weighted by Gasteiger charge is -2.22. The molecule has 16 nitrogen and oxygen atoms in total. The molecule has 4 aliphatic heterocycles. The zero-order chi connectivity index (χ0) is 89.7. The lowest BCUT2D eigenvalue weighted by molar-refractivity contribution is -0.129. The summed E-state index contributed by atoms with van der Waals surface area (Å²) in [5.74, 6) is -4.19. The van der Waals surface area contributed by atoms with Gasteiger partial charge in [0.1, 0.15) is 0 Å². The van der Waals surface area contributed by atoms with Gasteiger partial charge in [-0.3, -0.25) is 19.2 Å². The van der Waals surface area contributed by atoms with Gasteiger partial charge in [0.2, 0.25) is 23.6 Å².